The van der Waals surface area contributed by atoms with Crippen LogP contribution in [0.5, 0.6) is 5.75 Å². The largest absolute Gasteiger partial charge is 0.491 e. The van der Waals surface area contributed by atoms with Crippen molar-refractivity contribution >= 4 is 5.91 Å². The van der Waals surface area contributed by atoms with Gasteiger partial charge in [-0.05, 0) is 55.7 Å². The van der Waals surface area contributed by atoms with Gasteiger partial charge in [0.25, 0.3) is 0 Å². The SMILES string of the molecule is CCC(=O)N(CC[C@H](c1ccccc1)c1ccco1)Cc1ccc(OC(C)C)cc1. The fourth-order valence-electron chi connectivity index (χ4n) is 3.61. The lowest BCUT2D eigenvalue weighted by Gasteiger charge is -2.25. The summed E-state index contributed by atoms with van der Waals surface area (Å²) < 4.78 is 11.4. The van der Waals surface area contributed by atoms with Crippen molar-refractivity contribution in [1.29, 1.82) is 0 Å². The lowest BCUT2D eigenvalue weighted by atomic mass is 9.93. The zero-order chi connectivity index (χ0) is 21.3. The van der Waals surface area contributed by atoms with Crippen LogP contribution >= 0.6 is 0 Å². The smallest absolute Gasteiger partial charge is 0.222 e. The molecule has 0 N–H and O–H groups in total. The average Bonchev–Trinajstić information content (AvgIpc) is 3.28. The van der Waals surface area contributed by atoms with Crippen molar-refractivity contribution in [2.75, 3.05) is 6.54 Å². The summed E-state index contributed by atoms with van der Waals surface area (Å²) in [5.41, 5.74) is 2.30. The van der Waals surface area contributed by atoms with E-state index in [2.05, 4.69) is 12.1 Å². The summed E-state index contributed by atoms with van der Waals surface area (Å²) in [6, 6.07) is 22.3. The molecule has 158 valence electrons. The molecule has 0 spiro atoms. The Balaban J connectivity index is 1.71. The second-order valence-electron chi connectivity index (χ2n) is 7.75. The van der Waals surface area contributed by atoms with Crippen molar-refractivity contribution in [2.45, 2.75) is 52.2 Å². The molecule has 0 aliphatic rings. The Labute approximate surface area is 179 Å². The molecule has 0 radical (unpaired) electrons. The number of carbonyl (C=O) groups excluding carboxylic acids is 1. The van der Waals surface area contributed by atoms with Gasteiger partial charge in [-0.1, -0.05) is 49.4 Å². The van der Waals surface area contributed by atoms with Gasteiger partial charge in [0.1, 0.15) is 11.5 Å². The van der Waals surface area contributed by atoms with Gasteiger partial charge in [-0.2, -0.15) is 0 Å². The van der Waals surface area contributed by atoms with Gasteiger partial charge in [-0.15, -0.1) is 0 Å². The van der Waals surface area contributed by atoms with Crippen LogP contribution in [0.1, 0.15) is 56.4 Å². The Hall–Kier alpha value is -3.01. The summed E-state index contributed by atoms with van der Waals surface area (Å²) in [7, 11) is 0. The predicted octanol–water partition coefficient (Wildman–Crippen LogP) is 6.03. The maximum absolute atomic E-state index is 12.6. The Kier molecular flexibility index (Phi) is 7.72. The average molecular weight is 406 g/mol. The van der Waals surface area contributed by atoms with Gasteiger partial charge >= 0.3 is 0 Å². The number of furan rings is 1. The van der Waals surface area contributed by atoms with E-state index in [-0.39, 0.29) is 17.9 Å². The Morgan fingerprint density at radius 3 is 2.33 bits per heavy atom. The van der Waals surface area contributed by atoms with E-state index in [4.69, 9.17) is 9.15 Å². The van der Waals surface area contributed by atoms with Crippen molar-refractivity contribution in [3.63, 3.8) is 0 Å². The molecule has 1 heterocycles. The highest BCUT2D eigenvalue weighted by Crippen LogP contribution is 2.29. The number of ether oxygens (including phenoxy) is 1. The Morgan fingerprint density at radius 1 is 1.00 bits per heavy atom. The zero-order valence-electron chi connectivity index (χ0n) is 18.1. The van der Waals surface area contributed by atoms with E-state index in [1.54, 1.807) is 6.26 Å². The van der Waals surface area contributed by atoms with Gasteiger partial charge in [-0.3, -0.25) is 4.79 Å². The third-order valence-corrected chi connectivity index (χ3v) is 5.10. The van der Waals surface area contributed by atoms with Crippen molar-refractivity contribution in [2.24, 2.45) is 0 Å². The fourth-order valence-corrected chi connectivity index (χ4v) is 3.61. The summed E-state index contributed by atoms with van der Waals surface area (Å²) in [4.78, 5) is 14.6. The zero-order valence-corrected chi connectivity index (χ0v) is 18.1. The van der Waals surface area contributed by atoms with Crippen LogP contribution in [0.3, 0.4) is 0 Å². The van der Waals surface area contributed by atoms with Crippen LogP contribution in [-0.2, 0) is 11.3 Å². The number of amides is 1. The molecule has 0 saturated heterocycles. The third-order valence-electron chi connectivity index (χ3n) is 5.10. The molecule has 3 rings (SSSR count). The lowest BCUT2D eigenvalue weighted by molar-refractivity contribution is -0.131. The second-order valence-corrected chi connectivity index (χ2v) is 7.75. The Morgan fingerprint density at radius 2 is 1.73 bits per heavy atom. The molecule has 4 heteroatoms. The van der Waals surface area contributed by atoms with Crippen LogP contribution in [0.2, 0.25) is 0 Å². The minimum Gasteiger partial charge on any atom is -0.491 e. The lowest BCUT2D eigenvalue weighted by Crippen LogP contribution is -2.31. The minimum absolute atomic E-state index is 0.121. The highest BCUT2D eigenvalue weighted by Gasteiger charge is 2.20. The van der Waals surface area contributed by atoms with Crippen LogP contribution < -0.4 is 4.74 Å². The summed E-state index contributed by atoms with van der Waals surface area (Å²) in [6.07, 6.45) is 3.15. The van der Waals surface area contributed by atoms with E-state index in [1.165, 1.54) is 5.56 Å². The van der Waals surface area contributed by atoms with Gasteiger partial charge in [0.05, 0.1) is 12.4 Å². The molecule has 1 aromatic heterocycles. The van der Waals surface area contributed by atoms with Crippen molar-refractivity contribution in [1.82, 2.24) is 4.90 Å². The minimum atomic E-state index is 0.121. The van der Waals surface area contributed by atoms with E-state index in [1.807, 2.05) is 80.3 Å². The van der Waals surface area contributed by atoms with Crippen LogP contribution in [0, 0.1) is 0 Å². The third kappa shape index (κ3) is 5.99. The predicted molar refractivity (Wildman–Crippen MR) is 120 cm³/mol. The first-order chi connectivity index (χ1) is 14.6. The maximum Gasteiger partial charge on any atom is 0.222 e. The van der Waals surface area contributed by atoms with Crippen LogP contribution in [0.15, 0.2) is 77.4 Å². The molecule has 0 saturated carbocycles. The van der Waals surface area contributed by atoms with Gasteiger partial charge in [0.15, 0.2) is 0 Å². The van der Waals surface area contributed by atoms with Gasteiger partial charge in [0.2, 0.25) is 5.91 Å². The number of hydrogen-bond acceptors (Lipinski definition) is 3. The molecule has 0 bridgehead atoms. The molecule has 0 aliphatic carbocycles. The monoisotopic (exact) mass is 405 g/mol. The van der Waals surface area contributed by atoms with Gasteiger partial charge in [0, 0.05) is 25.4 Å². The molecule has 1 amide bonds. The molecular weight excluding hydrogens is 374 g/mol. The van der Waals surface area contributed by atoms with E-state index >= 15 is 0 Å². The van der Waals surface area contributed by atoms with Gasteiger partial charge < -0.3 is 14.1 Å². The second kappa shape index (κ2) is 10.7. The highest BCUT2D eigenvalue weighted by atomic mass is 16.5. The summed E-state index contributed by atoms with van der Waals surface area (Å²) in [5.74, 6) is 2.06. The van der Waals surface area contributed by atoms with E-state index < -0.39 is 0 Å². The van der Waals surface area contributed by atoms with E-state index in [0.717, 1.165) is 23.5 Å². The number of hydrogen-bond donors (Lipinski definition) is 0. The highest BCUT2D eigenvalue weighted by molar-refractivity contribution is 5.75. The maximum atomic E-state index is 12.6. The van der Waals surface area contributed by atoms with Crippen molar-refractivity contribution < 1.29 is 13.9 Å². The van der Waals surface area contributed by atoms with Crippen molar-refractivity contribution in [3.05, 3.63) is 89.9 Å². The molecule has 0 aliphatic heterocycles. The molecule has 0 fully saturated rings. The van der Waals surface area contributed by atoms with E-state index in [0.29, 0.717) is 19.5 Å². The Bertz CT molecular complexity index is 886. The molecule has 4 nitrogen and oxygen atoms in total. The summed E-state index contributed by atoms with van der Waals surface area (Å²) >= 11 is 0. The standard InChI is InChI=1S/C26H31NO3/c1-4-26(28)27(19-21-12-14-23(15-13-21)30-20(2)3)17-16-24(25-11-8-18-29-25)22-9-6-5-7-10-22/h5-15,18,20,24H,4,16-17,19H2,1-3H3/t24-/m1/s1. The van der Waals surface area contributed by atoms with Crippen LogP contribution in [-0.4, -0.2) is 23.5 Å². The molecule has 0 unspecified atom stereocenters. The first-order valence-electron chi connectivity index (χ1n) is 10.7. The van der Waals surface area contributed by atoms with Gasteiger partial charge in [-0.25, -0.2) is 0 Å². The number of benzene rings is 2. The number of nitrogens with zero attached hydrogens (tertiary/aromatic N) is 1. The number of rotatable bonds is 10. The normalized spacial score (nSPS) is 12.0. The van der Waals surface area contributed by atoms with Crippen LogP contribution in [0.4, 0.5) is 0 Å². The fraction of sp³-hybridized carbons (Fsp3) is 0.346. The molecular formula is C26H31NO3. The first kappa shape index (κ1) is 21.7. The molecule has 3 aromatic rings. The molecule has 2 aromatic carbocycles. The molecule has 1 atom stereocenters. The summed E-state index contributed by atoms with van der Waals surface area (Å²) in [6.45, 7) is 7.19. The first-order valence-corrected chi connectivity index (χ1v) is 10.7. The summed E-state index contributed by atoms with van der Waals surface area (Å²) in [5, 5.41) is 0. The number of carbonyl (C=O) groups is 1. The van der Waals surface area contributed by atoms with E-state index in [9.17, 15) is 4.79 Å². The molecule has 30 heavy (non-hydrogen) atoms. The quantitative estimate of drug-likeness (QED) is 0.414. The topological polar surface area (TPSA) is 42.7 Å². The van der Waals surface area contributed by atoms with Crippen LogP contribution in [0.25, 0.3) is 0 Å². The van der Waals surface area contributed by atoms with Crippen molar-refractivity contribution in [3.8, 4) is 5.75 Å².